The first-order chi connectivity index (χ1) is 18.4. The van der Waals surface area contributed by atoms with E-state index in [1.807, 2.05) is 6.07 Å². The van der Waals surface area contributed by atoms with Gasteiger partial charge in [0.1, 0.15) is 29.7 Å². The molecule has 0 bridgehead atoms. The fraction of sp³-hybridized carbons (Fsp3) is 0.448. The van der Waals surface area contributed by atoms with Gasteiger partial charge in [0.05, 0.1) is 6.04 Å². The van der Waals surface area contributed by atoms with Crippen LogP contribution in [0.5, 0.6) is 0 Å². The van der Waals surface area contributed by atoms with Crippen molar-refractivity contribution in [2.24, 2.45) is 5.92 Å². The molecule has 2 heterocycles. The molecule has 4 N–H and O–H groups in total. The Morgan fingerprint density at radius 3 is 2.56 bits per heavy atom. The molecule has 7 nitrogen and oxygen atoms in total. The predicted molar refractivity (Wildman–Crippen MR) is 143 cm³/mol. The van der Waals surface area contributed by atoms with Crippen LogP contribution in [0.1, 0.15) is 50.2 Å². The van der Waals surface area contributed by atoms with E-state index < -0.39 is 23.4 Å². The second-order valence-electron chi connectivity index (χ2n) is 10.5. The number of likely N-dealkylation sites (tertiary alicyclic amines) is 1. The van der Waals surface area contributed by atoms with Gasteiger partial charge in [-0.25, -0.2) is 18.2 Å². The summed E-state index contributed by atoms with van der Waals surface area (Å²) >= 11 is 0. The number of nitrogens with zero attached hydrogens (tertiary/aromatic N) is 2. The Morgan fingerprint density at radius 1 is 1.31 bits per heavy atom. The third-order valence-electron chi connectivity index (χ3n) is 7.77. The van der Waals surface area contributed by atoms with Crippen LogP contribution in [0.15, 0.2) is 61.0 Å². The van der Waals surface area contributed by atoms with Crippen molar-refractivity contribution < 1.29 is 27.8 Å². The van der Waals surface area contributed by atoms with Gasteiger partial charge in [0, 0.05) is 43.6 Å². The summed E-state index contributed by atoms with van der Waals surface area (Å²) in [6.07, 6.45) is 3.19. The molecule has 1 saturated carbocycles. The number of piperidine rings is 1. The number of hydrogen-bond acceptors (Lipinski definition) is 6. The molecule has 1 aliphatic carbocycles. The molecule has 1 saturated heterocycles. The first-order valence-electron chi connectivity index (χ1n) is 13.0. The summed E-state index contributed by atoms with van der Waals surface area (Å²) in [4.78, 5) is 19.0. The van der Waals surface area contributed by atoms with Gasteiger partial charge in [-0.05, 0) is 55.5 Å². The zero-order valence-electron chi connectivity index (χ0n) is 22.2. The fourth-order valence-electron chi connectivity index (χ4n) is 4.83. The summed E-state index contributed by atoms with van der Waals surface area (Å²) in [6, 6.07) is 8.38. The molecule has 39 heavy (non-hydrogen) atoms. The highest BCUT2D eigenvalue weighted by molar-refractivity contribution is 5.83. The van der Waals surface area contributed by atoms with Crippen LogP contribution >= 0.6 is 0 Å². The molecule has 210 valence electrons. The summed E-state index contributed by atoms with van der Waals surface area (Å²) in [5.41, 5.74) is 5.94. The van der Waals surface area contributed by atoms with Crippen molar-refractivity contribution >= 4 is 17.3 Å². The number of amides is 1. The minimum atomic E-state index is -2.71. The molecule has 1 amide bonds. The summed E-state index contributed by atoms with van der Waals surface area (Å²) in [6.45, 7) is 7.40. The number of nitrogen functional groups attached to an aromatic ring is 1. The fourth-order valence-corrected chi connectivity index (χ4v) is 4.83. The number of ether oxygens (including phenoxy) is 1. The first kappa shape index (κ1) is 28.6. The second kappa shape index (κ2) is 11.4. The number of nitrogens with one attached hydrogen (secondary N) is 1. The molecule has 4 rings (SSSR count). The smallest absolute Gasteiger partial charge is 0.250 e. The molecule has 1 aromatic carbocycles. The maximum Gasteiger partial charge on any atom is 0.250 e. The van der Waals surface area contributed by atoms with Crippen molar-refractivity contribution in [3.8, 4) is 0 Å². The molecule has 1 aliphatic heterocycles. The average Bonchev–Trinajstić information content (AvgIpc) is 3.71. The number of pyridine rings is 1. The van der Waals surface area contributed by atoms with Gasteiger partial charge in [-0.3, -0.25) is 9.69 Å². The van der Waals surface area contributed by atoms with Crippen molar-refractivity contribution in [1.29, 1.82) is 0 Å². The number of nitrogens with two attached hydrogens (primary N) is 1. The number of benzene rings is 1. The number of carbonyl (C=O) groups is 1. The molecule has 2 aromatic rings. The molecule has 0 radical (unpaired) electrons. The number of aliphatic hydroxyl groups excluding tert-OH is 1. The van der Waals surface area contributed by atoms with E-state index in [0.717, 1.165) is 5.56 Å². The monoisotopic (exact) mass is 544 g/mol. The number of alkyl halides is 2. The van der Waals surface area contributed by atoms with Gasteiger partial charge in [-0.15, -0.1) is 0 Å². The van der Waals surface area contributed by atoms with Crippen LogP contribution in [-0.4, -0.2) is 58.3 Å². The quantitative estimate of drug-likeness (QED) is 0.287. The van der Waals surface area contributed by atoms with E-state index in [4.69, 9.17) is 10.5 Å². The van der Waals surface area contributed by atoms with Crippen LogP contribution in [0, 0.1) is 11.7 Å². The number of anilines is 1. The SMILES string of the molecule is C=CC(=C(O)C(C)(OCN1CCC(F)(F)CC1)C(C)NC(=O)[C@H]1C[C@@H]1c1ccc(N)nc1)c1ccc(F)cc1. The Bertz CT molecular complexity index is 1210. The number of hydrogen-bond donors (Lipinski definition) is 3. The summed E-state index contributed by atoms with van der Waals surface area (Å²) in [5, 5.41) is 14.5. The van der Waals surface area contributed by atoms with Crippen LogP contribution in [0.25, 0.3) is 5.57 Å². The molecule has 0 spiro atoms. The Labute approximate surface area is 226 Å². The highest BCUT2D eigenvalue weighted by atomic mass is 19.3. The highest BCUT2D eigenvalue weighted by Gasteiger charge is 2.47. The van der Waals surface area contributed by atoms with Crippen molar-refractivity contribution in [1.82, 2.24) is 15.2 Å². The lowest BCUT2D eigenvalue weighted by Gasteiger charge is -2.39. The normalized spacial score (nSPS) is 23.7. The van der Waals surface area contributed by atoms with E-state index >= 15 is 0 Å². The Morgan fingerprint density at radius 2 is 1.97 bits per heavy atom. The van der Waals surface area contributed by atoms with Gasteiger partial charge in [0.2, 0.25) is 5.91 Å². The number of aliphatic hydroxyl groups is 1. The molecular formula is C29H35F3N4O3. The molecule has 4 atom stereocenters. The number of allylic oxidation sites excluding steroid dienone is 2. The molecular weight excluding hydrogens is 509 g/mol. The summed E-state index contributed by atoms with van der Waals surface area (Å²) in [5.74, 6) is -3.41. The predicted octanol–water partition coefficient (Wildman–Crippen LogP) is 5.03. The van der Waals surface area contributed by atoms with Crippen LogP contribution in [-0.2, 0) is 9.53 Å². The Kier molecular flexibility index (Phi) is 8.37. The first-order valence-corrected chi connectivity index (χ1v) is 13.0. The second-order valence-corrected chi connectivity index (χ2v) is 10.5. The van der Waals surface area contributed by atoms with Gasteiger partial charge in [0.25, 0.3) is 5.92 Å². The van der Waals surface area contributed by atoms with Crippen molar-refractivity contribution in [3.05, 3.63) is 78.0 Å². The van der Waals surface area contributed by atoms with Crippen molar-refractivity contribution in [2.75, 3.05) is 25.6 Å². The number of rotatable bonds is 10. The zero-order chi connectivity index (χ0) is 28.4. The molecule has 2 aliphatic rings. The number of halogens is 3. The molecule has 1 aromatic heterocycles. The largest absolute Gasteiger partial charge is 0.509 e. The van der Waals surface area contributed by atoms with E-state index in [0.29, 0.717) is 23.4 Å². The summed E-state index contributed by atoms with van der Waals surface area (Å²) < 4.78 is 47.1. The molecule has 10 heteroatoms. The van der Waals surface area contributed by atoms with Crippen molar-refractivity contribution in [2.45, 2.75) is 56.6 Å². The molecule has 2 unspecified atom stereocenters. The molecule has 2 fully saturated rings. The third kappa shape index (κ3) is 6.62. The minimum absolute atomic E-state index is 0.0135. The maximum atomic E-state index is 13.7. The van der Waals surface area contributed by atoms with Gasteiger partial charge in [-0.1, -0.05) is 30.9 Å². The lowest BCUT2D eigenvalue weighted by Crippen LogP contribution is -2.54. The van der Waals surface area contributed by atoms with Gasteiger partial charge < -0.3 is 20.9 Å². The summed E-state index contributed by atoms with van der Waals surface area (Å²) in [7, 11) is 0. The standard InChI is InChI=1S/C29H35F3N4O3/c1-4-22(19-5-8-21(30)9-6-19)26(37)28(3,39-17-36-13-11-29(31,32)12-14-36)18(2)35-27(38)24-15-23(24)20-7-10-25(33)34-16-20/h4-10,16,18,23-24,37H,1,11-15,17H2,2-3H3,(H2,33,34)(H,35,38)/t18?,23-,24+,28?/m1/s1. The van der Waals surface area contributed by atoms with E-state index in [2.05, 4.69) is 16.9 Å². The van der Waals surface area contributed by atoms with Gasteiger partial charge in [-0.2, -0.15) is 0 Å². The lowest BCUT2D eigenvalue weighted by molar-refractivity contribution is -0.135. The van der Waals surface area contributed by atoms with Crippen LogP contribution in [0.4, 0.5) is 19.0 Å². The van der Waals surface area contributed by atoms with E-state index in [1.54, 1.807) is 31.0 Å². The van der Waals surface area contributed by atoms with Gasteiger partial charge in [0.15, 0.2) is 0 Å². The van der Waals surface area contributed by atoms with Crippen LogP contribution < -0.4 is 11.1 Å². The van der Waals surface area contributed by atoms with Crippen molar-refractivity contribution in [3.63, 3.8) is 0 Å². The van der Waals surface area contributed by atoms with Crippen LogP contribution in [0.3, 0.4) is 0 Å². The van der Waals surface area contributed by atoms with Crippen LogP contribution in [0.2, 0.25) is 0 Å². The van der Waals surface area contributed by atoms with E-state index in [-0.39, 0.29) is 56.2 Å². The van der Waals surface area contributed by atoms with E-state index in [1.165, 1.54) is 30.3 Å². The Balaban J connectivity index is 1.55. The zero-order valence-corrected chi connectivity index (χ0v) is 22.2. The van der Waals surface area contributed by atoms with E-state index in [9.17, 15) is 23.1 Å². The average molecular weight is 545 g/mol. The number of carbonyl (C=O) groups excluding carboxylic acids is 1. The third-order valence-corrected chi connectivity index (χ3v) is 7.77. The lowest BCUT2D eigenvalue weighted by atomic mass is 9.89. The minimum Gasteiger partial charge on any atom is -0.509 e. The van der Waals surface area contributed by atoms with Gasteiger partial charge >= 0.3 is 0 Å². The topological polar surface area (TPSA) is 101 Å². The maximum absolute atomic E-state index is 13.7. The highest BCUT2D eigenvalue weighted by Crippen LogP contribution is 2.47. The Hall–Kier alpha value is -3.37. The number of aromatic nitrogens is 1.